The van der Waals surface area contributed by atoms with Gasteiger partial charge in [-0.2, -0.15) is 0 Å². The van der Waals surface area contributed by atoms with Crippen molar-refractivity contribution in [1.82, 2.24) is 4.90 Å². The molecular weight excluding hydrogens is 208 g/mol. The van der Waals surface area contributed by atoms with E-state index in [1.165, 1.54) is 4.90 Å². The van der Waals surface area contributed by atoms with Gasteiger partial charge in [-0.25, -0.2) is 0 Å². The molecule has 3 fully saturated rings. The normalized spacial score (nSPS) is 35.7. The fourth-order valence-electron chi connectivity index (χ4n) is 2.74. The van der Waals surface area contributed by atoms with Gasteiger partial charge >= 0.3 is 0 Å². The molecule has 0 aromatic rings. The van der Waals surface area contributed by atoms with Crippen LogP contribution in [0.1, 0.15) is 25.7 Å². The molecule has 3 aliphatic rings. The Hall–Kier alpha value is -0.940. The number of rotatable bonds is 3. The van der Waals surface area contributed by atoms with E-state index in [9.17, 15) is 9.59 Å². The Kier molecular flexibility index (Phi) is 2.26. The predicted octanol–water partition coefficient (Wildman–Crippen LogP) is -0.360. The van der Waals surface area contributed by atoms with Gasteiger partial charge in [-0.3, -0.25) is 14.5 Å². The predicted molar refractivity (Wildman–Crippen MR) is 55.3 cm³/mol. The molecule has 3 unspecified atom stereocenters. The van der Waals surface area contributed by atoms with Crippen LogP contribution < -0.4 is 5.73 Å². The largest absolute Gasteiger partial charge is 0.355 e. The van der Waals surface area contributed by atoms with Crippen LogP contribution in [0.3, 0.4) is 0 Å². The molecule has 3 rings (SSSR count). The summed E-state index contributed by atoms with van der Waals surface area (Å²) in [7, 11) is 0. The second kappa shape index (κ2) is 3.53. The molecule has 2 heterocycles. The first-order valence-corrected chi connectivity index (χ1v) is 5.95. The number of carbonyl (C=O) groups is 2. The lowest BCUT2D eigenvalue weighted by molar-refractivity contribution is -0.171. The van der Waals surface area contributed by atoms with Crippen molar-refractivity contribution in [3.63, 3.8) is 0 Å². The number of ether oxygens (including phenoxy) is 1. The molecule has 0 aromatic heterocycles. The fraction of sp³-hybridized carbons (Fsp3) is 0.818. The molecule has 2 saturated heterocycles. The Morgan fingerprint density at radius 2 is 1.75 bits per heavy atom. The Bertz CT molecular complexity index is 318. The van der Waals surface area contributed by atoms with Crippen molar-refractivity contribution in [3.05, 3.63) is 0 Å². The molecule has 0 aromatic carbocycles. The minimum absolute atomic E-state index is 0.0907. The van der Waals surface area contributed by atoms with Crippen molar-refractivity contribution in [2.45, 2.75) is 43.9 Å². The summed E-state index contributed by atoms with van der Waals surface area (Å²) in [5.41, 5.74) is 5.69. The van der Waals surface area contributed by atoms with E-state index in [1.54, 1.807) is 0 Å². The van der Waals surface area contributed by atoms with Crippen LogP contribution in [0.5, 0.6) is 0 Å². The highest BCUT2D eigenvalue weighted by molar-refractivity contribution is 6.02. The summed E-state index contributed by atoms with van der Waals surface area (Å²) in [6, 6.07) is -0.0907. The van der Waals surface area contributed by atoms with E-state index in [4.69, 9.17) is 10.5 Å². The highest BCUT2D eigenvalue weighted by Gasteiger charge is 2.51. The number of hydrogen-bond donors (Lipinski definition) is 1. The number of likely N-dealkylation sites (tertiary alicyclic amines) is 1. The van der Waals surface area contributed by atoms with E-state index >= 15 is 0 Å². The first-order chi connectivity index (χ1) is 7.72. The van der Waals surface area contributed by atoms with Gasteiger partial charge in [0.15, 0.2) is 0 Å². The molecule has 2 bridgehead atoms. The number of amides is 2. The number of imide groups is 1. The van der Waals surface area contributed by atoms with Gasteiger partial charge in [-0.15, -0.1) is 0 Å². The smallest absolute Gasteiger partial charge is 0.258 e. The van der Waals surface area contributed by atoms with Crippen LogP contribution in [0, 0.1) is 5.92 Å². The summed E-state index contributed by atoms with van der Waals surface area (Å²) < 4.78 is 5.37. The lowest BCUT2D eigenvalue weighted by Crippen LogP contribution is -2.58. The Morgan fingerprint density at radius 3 is 2.19 bits per heavy atom. The third-order valence-corrected chi connectivity index (χ3v) is 3.78. The molecule has 88 valence electrons. The summed E-state index contributed by atoms with van der Waals surface area (Å²) in [6.07, 6.45) is 2.72. The van der Waals surface area contributed by atoms with Gasteiger partial charge in [0.2, 0.25) is 0 Å². The van der Waals surface area contributed by atoms with Crippen molar-refractivity contribution in [1.29, 1.82) is 0 Å². The van der Waals surface area contributed by atoms with Crippen molar-refractivity contribution < 1.29 is 14.3 Å². The molecule has 1 aliphatic carbocycles. The van der Waals surface area contributed by atoms with Crippen LogP contribution in [-0.4, -0.2) is 41.5 Å². The fourth-order valence-corrected chi connectivity index (χ4v) is 2.74. The molecule has 0 radical (unpaired) electrons. The highest BCUT2D eigenvalue weighted by atomic mass is 16.5. The Labute approximate surface area is 93.9 Å². The van der Waals surface area contributed by atoms with E-state index < -0.39 is 12.2 Å². The molecule has 1 saturated carbocycles. The number of fused-ring (bicyclic) bond motifs is 2. The zero-order valence-electron chi connectivity index (χ0n) is 9.09. The molecule has 5 nitrogen and oxygen atoms in total. The minimum atomic E-state index is -0.393. The Balaban J connectivity index is 1.86. The van der Waals surface area contributed by atoms with Gasteiger partial charge in [0.25, 0.3) is 11.8 Å². The highest BCUT2D eigenvalue weighted by Crippen LogP contribution is 2.38. The van der Waals surface area contributed by atoms with Gasteiger partial charge in [-0.1, -0.05) is 0 Å². The Morgan fingerprint density at radius 1 is 1.19 bits per heavy atom. The quantitative estimate of drug-likeness (QED) is 0.664. The lowest BCUT2D eigenvalue weighted by atomic mass is 10.1. The standard InChI is InChI=1S/C11H16N2O3/c12-5-7(6-1-2-6)13-10(14)8-3-4-9(16-8)11(13)15/h6-9H,1-5,12H2. The maximum atomic E-state index is 12.1. The summed E-state index contributed by atoms with van der Waals surface area (Å²) in [5.74, 6) is 0.0950. The summed E-state index contributed by atoms with van der Waals surface area (Å²) in [4.78, 5) is 25.5. The topological polar surface area (TPSA) is 72.6 Å². The van der Waals surface area contributed by atoms with Crippen LogP contribution in [0.2, 0.25) is 0 Å². The molecule has 2 N–H and O–H groups in total. The average molecular weight is 224 g/mol. The van der Waals surface area contributed by atoms with Crippen molar-refractivity contribution in [2.75, 3.05) is 6.54 Å². The zero-order chi connectivity index (χ0) is 11.3. The number of hydrogen-bond acceptors (Lipinski definition) is 4. The second-order valence-corrected chi connectivity index (χ2v) is 4.88. The van der Waals surface area contributed by atoms with E-state index in [-0.39, 0.29) is 17.9 Å². The summed E-state index contributed by atoms with van der Waals surface area (Å²) in [6.45, 7) is 0.377. The van der Waals surface area contributed by atoms with Gasteiger partial charge in [0, 0.05) is 6.54 Å². The van der Waals surface area contributed by atoms with Crippen LogP contribution >= 0.6 is 0 Å². The second-order valence-electron chi connectivity index (χ2n) is 4.88. The SMILES string of the molecule is NCC(C1CC1)N1C(=O)C2CCC(O2)C1=O. The van der Waals surface area contributed by atoms with Crippen molar-refractivity contribution >= 4 is 11.8 Å². The first-order valence-electron chi connectivity index (χ1n) is 5.95. The molecule has 5 heteroatoms. The monoisotopic (exact) mass is 224 g/mol. The summed E-state index contributed by atoms with van der Waals surface area (Å²) in [5, 5.41) is 0. The third kappa shape index (κ3) is 1.38. The van der Waals surface area contributed by atoms with E-state index in [1.807, 2.05) is 0 Å². The number of nitrogens with two attached hydrogens (primary N) is 1. The third-order valence-electron chi connectivity index (χ3n) is 3.78. The van der Waals surface area contributed by atoms with Gasteiger partial charge in [0.1, 0.15) is 12.2 Å². The number of morpholine rings is 1. The summed E-state index contributed by atoms with van der Waals surface area (Å²) >= 11 is 0. The van der Waals surface area contributed by atoms with Gasteiger partial charge < -0.3 is 10.5 Å². The van der Waals surface area contributed by atoms with Crippen LogP contribution in [0.25, 0.3) is 0 Å². The van der Waals surface area contributed by atoms with Gasteiger partial charge in [-0.05, 0) is 31.6 Å². The lowest BCUT2D eigenvalue weighted by Gasteiger charge is -2.35. The molecule has 2 aliphatic heterocycles. The van der Waals surface area contributed by atoms with E-state index in [2.05, 4.69) is 0 Å². The van der Waals surface area contributed by atoms with Crippen LogP contribution in [-0.2, 0) is 14.3 Å². The maximum absolute atomic E-state index is 12.1. The molecule has 0 spiro atoms. The molecule has 3 atom stereocenters. The van der Waals surface area contributed by atoms with Crippen LogP contribution in [0.15, 0.2) is 0 Å². The van der Waals surface area contributed by atoms with E-state index in [0.717, 1.165) is 12.8 Å². The maximum Gasteiger partial charge on any atom is 0.258 e. The first kappa shape index (κ1) is 10.2. The van der Waals surface area contributed by atoms with Crippen LogP contribution in [0.4, 0.5) is 0 Å². The minimum Gasteiger partial charge on any atom is -0.355 e. The van der Waals surface area contributed by atoms with Gasteiger partial charge in [0.05, 0.1) is 6.04 Å². The van der Waals surface area contributed by atoms with Crippen molar-refractivity contribution in [2.24, 2.45) is 11.7 Å². The average Bonchev–Trinajstić information content (AvgIpc) is 3.00. The van der Waals surface area contributed by atoms with E-state index in [0.29, 0.717) is 25.3 Å². The number of nitrogens with zero attached hydrogens (tertiary/aromatic N) is 1. The molecule has 2 amide bonds. The molecule has 16 heavy (non-hydrogen) atoms. The zero-order valence-corrected chi connectivity index (χ0v) is 9.09. The van der Waals surface area contributed by atoms with Crippen molar-refractivity contribution in [3.8, 4) is 0 Å². The molecular formula is C11H16N2O3. The number of carbonyl (C=O) groups excluding carboxylic acids is 2.